The maximum absolute atomic E-state index is 12.1. The van der Waals surface area contributed by atoms with Crippen molar-refractivity contribution in [1.29, 1.82) is 0 Å². The molecule has 1 aliphatic rings. The van der Waals surface area contributed by atoms with Gasteiger partial charge in [0.25, 0.3) is 0 Å². The maximum atomic E-state index is 12.1. The van der Waals surface area contributed by atoms with Crippen molar-refractivity contribution in [3.8, 4) is 0 Å². The molecule has 17 heavy (non-hydrogen) atoms. The Morgan fingerprint density at radius 1 is 1.47 bits per heavy atom. The van der Waals surface area contributed by atoms with Crippen LogP contribution in [0, 0.1) is 5.92 Å². The normalized spacial score (nSPS) is 20.3. The van der Waals surface area contributed by atoms with Crippen LogP contribution in [0.4, 0.5) is 0 Å². The minimum absolute atomic E-state index is 0.203. The van der Waals surface area contributed by atoms with E-state index < -0.39 is 0 Å². The van der Waals surface area contributed by atoms with E-state index in [9.17, 15) is 4.79 Å². The standard InChI is InChI=1S/C13H19N3O/c14-9-12-2-1-7-16(10-12)13(17)8-11-3-5-15-6-4-11/h3-6,12H,1-2,7-10,14H2. The molecule has 1 atom stereocenters. The zero-order chi connectivity index (χ0) is 12.1. The summed E-state index contributed by atoms with van der Waals surface area (Å²) >= 11 is 0. The molecule has 1 unspecified atom stereocenters. The van der Waals surface area contributed by atoms with Gasteiger partial charge in [0, 0.05) is 25.5 Å². The van der Waals surface area contributed by atoms with Gasteiger partial charge in [-0.15, -0.1) is 0 Å². The van der Waals surface area contributed by atoms with E-state index in [4.69, 9.17) is 5.73 Å². The molecule has 1 amide bonds. The van der Waals surface area contributed by atoms with Crippen LogP contribution in [0.15, 0.2) is 24.5 Å². The zero-order valence-corrected chi connectivity index (χ0v) is 10.0. The van der Waals surface area contributed by atoms with Crippen molar-refractivity contribution in [3.05, 3.63) is 30.1 Å². The van der Waals surface area contributed by atoms with Crippen LogP contribution >= 0.6 is 0 Å². The fourth-order valence-corrected chi connectivity index (χ4v) is 2.27. The van der Waals surface area contributed by atoms with Crippen molar-refractivity contribution in [1.82, 2.24) is 9.88 Å². The van der Waals surface area contributed by atoms with Gasteiger partial charge in [-0.05, 0) is 43.0 Å². The van der Waals surface area contributed by atoms with Crippen LogP contribution in [-0.4, -0.2) is 35.4 Å². The Labute approximate surface area is 102 Å². The van der Waals surface area contributed by atoms with Crippen molar-refractivity contribution in [3.63, 3.8) is 0 Å². The maximum Gasteiger partial charge on any atom is 0.227 e. The molecule has 2 heterocycles. The van der Waals surface area contributed by atoms with Gasteiger partial charge in [-0.3, -0.25) is 9.78 Å². The molecule has 1 aromatic heterocycles. The number of nitrogens with zero attached hydrogens (tertiary/aromatic N) is 2. The molecule has 0 bridgehead atoms. The van der Waals surface area contributed by atoms with Crippen LogP contribution in [0.5, 0.6) is 0 Å². The number of pyridine rings is 1. The van der Waals surface area contributed by atoms with Gasteiger partial charge in [0.05, 0.1) is 6.42 Å². The van der Waals surface area contributed by atoms with E-state index in [2.05, 4.69) is 4.98 Å². The monoisotopic (exact) mass is 233 g/mol. The highest BCUT2D eigenvalue weighted by atomic mass is 16.2. The zero-order valence-electron chi connectivity index (χ0n) is 10.0. The molecule has 4 nitrogen and oxygen atoms in total. The number of hydrogen-bond acceptors (Lipinski definition) is 3. The Kier molecular flexibility index (Phi) is 4.09. The Bertz CT molecular complexity index is 366. The minimum Gasteiger partial charge on any atom is -0.342 e. The highest BCUT2D eigenvalue weighted by molar-refractivity contribution is 5.78. The number of carbonyl (C=O) groups is 1. The number of aromatic nitrogens is 1. The Morgan fingerprint density at radius 3 is 2.94 bits per heavy atom. The molecule has 2 N–H and O–H groups in total. The summed E-state index contributed by atoms with van der Waals surface area (Å²) in [5, 5.41) is 0. The molecule has 1 aromatic rings. The Morgan fingerprint density at radius 2 is 2.24 bits per heavy atom. The topological polar surface area (TPSA) is 59.2 Å². The molecular weight excluding hydrogens is 214 g/mol. The molecule has 1 fully saturated rings. The number of amides is 1. The third-order valence-electron chi connectivity index (χ3n) is 3.31. The summed E-state index contributed by atoms with van der Waals surface area (Å²) in [6.07, 6.45) is 6.14. The SMILES string of the molecule is NCC1CCCN(C(=O)Cc2ccncc2)C1. The van der Waals surface area contributed by atoms with Crippen LogP contribution in [-0.2, 0) is 11.2 Å². The molecule has 0 spiro atoms. The second kappa shape index (κ2) is 5.77. The second-order valence-electron chi connectivity index (χ2n) is 4.62. The van der Waals surface area contributed by atoms with Gasteiger partial charge in [-0.1, -0.05) is 0 Å². The quantitative estimate of drug-likeness (QED) is 0.841. The summed E-state index contributed by atoms with van der Waals surface area (Å²) in [5.41, 5.74) is 6.70. The Hall–Kier alpha value is -1.42. The first kappa shape index (κ1) is 12.0. The smallest absolute Gasteiger partial charge is 0.227 e. The van der Waals surface area contributed by atoms with Crippen LogP contribution < -0.4 is 5.73 Å². The molecule has 0 aliphatic carbocycles. The molecule has 92 valence electrons. The fourth-order valence-electron chi connectivity index (χ4n) is 2.27. The Balaban J connectivity index is 1.91. The number of rotatable bonds is 3. The van der Waals surface area contributed by atoms with Crippen molar-refractivity contribution in [2.45, 2.75) is 19.3 Å². The van der Waals surface area contributed by atoms with Gasteiger partial charge in [0.2, 0.25) is 5.91 Å². The minimum atomic E-state index is 0.203. The van der Waals surface area contributed by atoms with Crippen molar-refractivity contribution < 1.29 is 4.79 Å². The first-order valence-electron chi connectivity index (χ1n) is 6.16. The summed E-state index contributed by atoms with van der Waals surface area (Å²) in [5.74, 6) is 0.680. The van der Waals surface area contributed by atoms with Gasteiger partial charge in [-0.25, -0.2) is 0 Å². The van der Waals surface area contributed by atoms with E-state index >= 15 is 0 Å². The average molecular weight is 233 g/mol. The lowest BCUT2D eigenvalue weighted by atomic mass is 9.98. The number of carbonyl (C=O) groups excluding carboxylic acids is 1. The third kappa shape index (κ3) is 3.27. The van der Waals surface area contributed by atoms with E-state index in [0.29, 0.717) is 18.9 Å². The number of piperidine rings is 1. The molecular formula is C13H19N3O. The predicted molar refractivity (Wildman–Crippen MR) is 66.3 cm³/mol. The first-order chi connectivity index (χ1) is 8.29. The summed E-state index contributed by atoms with van der Waals surface area (Å²) in [4.78, 5) is 18.0. The van der Waals surface area contributed by atoms with Crippen molar-refractivity contribution in [2.75, 3.05) is 19.6 Å². The lowest BCUT2D eigenvalue weighted by Crippen LogP contribution is -2.42. The molecule has 2 rings (SSSR count). The van der Waals surface area contributed by atoms with Crippen LogP contribution in [0.2, 0.25) is 0 Å². The third-order valence-corrected chi connectivity index (χ3v) is 3.31. The van der Waals surface area contributed by atoms with Gasteiger partial charge in [-0.2, -0.15) is 0 Å². The summed E-state index contributed by atoms with van der Waals surface area (Å²) in [6, 6.07) is 3.78. The molecule has 0 aromatic carbocycles. The van der Waals surface area contributed by atoms with Gasteiger partial charge in [0.1, 0.15) is 0 Å². The largest absolute Gasteiger partial charge is 0.342 e. The van der Waals surface area contributed by atoms with Gasteiger partial charge < -0.3 is 10.6 Å². The van der Waals surface area contributed by atoms with E-state index in [-0.39, 0.29) is 5.91 Å². The van der Waals surface area contributed by atoms with E-state index in [1.54, 1.807) is 12.4 Å². The second-order valence-corrected chi connectivity index (χ2v) is 4.62. The number of hydrogen-bond donors (Lipinski definition) is 1. The highest BCUT2D eigenvalue weighted by Gasteiger charge is 2.22. The van der Waals surface area contributed by atoms with E-state index in [1.165, 1.54) is 0 Å². The molecule has 0 radical (unpaired) electrons. The summed E-state index contributed by atoms with van der Waals surface area (Å²) < 4.78 is 0. The number of nitrogens with two attached hydrogens (primary N) is 1. The average Bonchev–Trinajstić information content (AvgIpc) is 2.40. The molecule has 1 aliphatic heterocycles. The predicted octanol–water partition coefficient (Wildman–Crippen LogP) is 0.821. The van der Waals surface area contributed by atoms with Crippen LogP contribution in [0.25, 0.3) is 0 Å². The van der Waals surface area contributed by atoms with Gasteiger partial charge in [0.15, 0.2) is 0 Å². The molecule has 1 saturated heterocycles. The molecule has 0 saturated carbocycles. The van der Waals surface area contributed by atoms with Crippen LogP contribution in [0.3, 0.4) is 0 Å². The van der Waals surface area contributed by atoms with E-state index in [0.717, 1.165) is 31.5 Å². The fraction of sp³-hybridized carbons (Fsp3) is 0.538. The lowest BCUT2D eigenvalue weighted by molar-refractivity contribution is -0.132. The van der Waals surface area contributed by atoms with Crippen LogP contribution in [0.1, 0.15) is 18.4 Å². The summed E-state index contributed by atoms with van der Waals surface area (Å²) in [6.45, 7) is 2.37. The lowest BCUT2D eigenvalue weighted by Gasteiger charge is -2.32. The van der Waals surface area contributed by atoms with Gasteiger partial charge >= 0.3 is 0 Å². The van der Waals surface area contributed by atoms with E-state index in [1.807, 2.05) is 17.0 Å². The molecule has 4 heteroatoms. The first-order valence-corrected chi connectivity index (χ1v) is 6.16. The highest BCUT2D eigenvalue weighted by Crippen LogP contribution is 2.16. The number of likely N-dealkylation sites (tertiary alicyclic amines) is 1. The van der Waals surface area contributed by atoms with Crippen molar-refractivity contribution >= 4 is 5.91 Å². The van der Waals surface area contributed by atoms with Crippen molar-refractivity contribution in [2.24, 2.45) is 11.7 Å². The summed E-state index contributed by atoms with van der Waals surface area (Å²) in [7, 11) is 0.